The second kappa shape index (κ2) is 10.5. The Morgan fingerprint density at radius 2 is 1.43 bits per heavy atom. The molecule has 8 heteroatoms. The molecule has 0 radical (unpaired) electrons. The number of aromatic nitrogens is 2. The van der Waals surface area contributed by atoms with E-state index < -0.39 is 17.3 Å². The zero-order valence-corrected chi connectivity index (χ0v) is 20.8. The number of carbonyl (C=O) groups excluding carboxylic acids is 1. The van der Waals surface area contributed by atoms with Gasteiger partial charge in [0.15, 0.2) is 5.69 Å². The van der Waals surface area contributed by atoms with Crippen molar-refractivity contribution in [1.29, 1.82) is 0 Å². The monoisotopic (exact) mass is 508 g/mol. The van der Waals surface area contributed by atoms with Gasteiger partial charge in [0.2, 0.25) is 0 Å². The van der Waals surface area contributed by atoms with E-state index in [0.717, 1.165) is 22.9 Å². The molecule has 0 bridgehead atoms. The molecule has 5 nitrogen and oxygen atoms in total. The van der Waals surface area contributed by atoms with E-state index in [4.69, 9.17) is 9.47 Å². The number of hydrogen-bond acceptors (Lipinski definition) is 4. The topological polar surface area (TPSA) is 53.4 Å². The number of rotatable bonds is 8. The number of ether oxygens (including phenoxy) is 2. The molecule has 0 fully saturated rings. The molecule has 192 valence electrons. The number of carbonyl (C=O) groups is 1. The minimum Gasteiger partial charge on any atom is -0.492 e. The van der Waals surface area contributed by atoms with Gasteiger partial charge >= 0.3 is 12.1 Å². The first-order valence-corrected chi connectivity index (χ1v) is 11.7. The largest absolute Gasteiger partial charge is 0.492 e. The van der Waals surface area contributed by atoms with E-state index in [1.165, 1.54) is 11.7 Å². The summed E-state index contributed by atoms with van der Waals surface area (Å²) in [5.41, 5.74) is 1.57. The fraction of sp³-hybridized carbons (Fsp3) is 0.241. The molecule has 0 aliphatic carbocycles. The lowest BCUT2D eigenvalue weighted by Crippen LogP contribution is -2.32. The minimum absolute atomic E-state index is 0.170. The van der Waals surface area contributed by atoms with Gasteiger partial charge in [-0.25, -0.2) is 4.98 Å². The number of esters is 1. The summed E-state index contributed by atoms with van der Waals surface area (Å²) >= 11 is 0. The molecule has 0 atom stereocenters. The number of alkyl halides is 3. The van der Waals surface area contributed by atoms with Gasteiger partial charge in [0.25, 0.3) is 0 Å². The van der Waals surface area contributed by atoms with Crippen LogP contribution in [-0.4, -0.2) is 29.2 Å². The van der Waals surface area contributed by atoms with Gasteiger partial charge in [-0.05, 0) is 42.7 Å². The molecule has 4 aromatic rings. The van der Waals surface area contributed by atoms with Gasteiger partial charge in [-0.1, -0.05) is 66.7 Å². The third-order valence-electron chi connectivity index (χ3n) is 5.93. The Bertz CT molecular complexity index is 1340. The van der Waals surface area contributed by atoms with Crippen LogP contribution >= 0.6 is 0 Å². The van der Waals surface area contributed by atoms with Crippen molar-refractivity contribution in [2.45, 2.75) is 26.6 Å². The Morgan fingerprint density at radius 1 is 0.865 bits per heavy atom. The summed E-state index contributed by atoms with van der Waals surface area (Å²) in [6.45, 7) is 3.94. The van der Waals surface area contributed by atoms with Crippen LogP contribution in [0, 0.1) is 5.41 Å². The summed E-state index contributed by atoms with van der Waals surface area (Å²) in [5.74, 6) is 0.510. The van der Waals surface area contributed by atoms with Crippen LogP contribution in [0.15, 0.2) is 85.1 Å². The van der Waals surface area contributed by atoms with Crippen molar-refractivity contribution in [3.05, 3.63) is 96.3 Å². The Kier molecular flexibility index (Phi) is 7.38. The average Bonchev–Trinajstić information content (AvgIpc) is 3.32. The first-order valence-electron chi connectivity index (χ1n) is 11.7. The zero-order valence-electron chi connectivity index (χ0n) is 20.8. The molecule has 4 rings (SSSR count). The fourth-order valence-corrected chi connectivity index (χ4v) is 3.84. The highest BCUT2D eigenvalue weighted by Crippen LogP contribution is 2.32. The van der Waals surface area contributed by atoms with E-state index in [9.17, 15) is 18.0 Å². The number of methoxy groups -OCH3 is 1. The molecular formula is C29H27F3N2O3. The number of benzene rings is 3. The standard InChI is InChI=1S/C29H27F3N2O3/c1-28(2,27(35)36-3)19-37-24-15-13-22(14-16-24)21-9-11-23(12-10-21)26-33-25(29(30,31)32)18-34(26)17-20-7-5-4-6-8-20/h4-16,18H,17,19H2,1-3H3. The number of nitrogens with zero attached hydrogens (tertiary/aromatic N) is 2. The third kappa shape index (κ3) is 6.20. The maximum absolute atomic E-state index is 13.4. The van der Waals surface area contributed by atoms with E-state index in [1.807, 2.05) is 54.6 Å². The second-order valence-electron chi connectivity index (χ2n) is 9.33. The van der Waals surface area contributed by atoms with Crippen LogP contribution in [0.5, 0.6) is 5.75 Å². The predicted octanol–water partition coefficient (Wildman–Crippen LogP) is 6.86. The molecule has 0 unspecified atom stereocenters. The van der Waals surface area contributed by atoms with Crippen LogP contribution < -0.4 is 4.74 Å². The molecule has 0 spiro atoms. The highest BCUT2D eigenvalue weighted by atomic mass is 19.4. The van der Waals surface area contributed by atoms with Crippen molar-refractivity contribution in [3.8, 4) is 28.3 Å². The highest BCUT2D eigenvalue weighted by molar-refractivity contribution is 5.76. The molecule has 3 aromatic carbocycles. The van der Waals surface area contributed by atoms with Gasteiger partial charge in [-0.15, -0.1) is 0 Å². The molecule has 0 aliphatic heterocycles. The van der Waals surface area contributed by atoms with Crippen LogP contribution in [0.4, 0.5) is 13.2 Å². The summed E-state index contributed by atoms with van der Waals surface area (Å²) in [5, 5.41) is 0. The molecule has 1 heterocycles. The quantitative estimate of drug-likeness (QED) is 0.244. The summed E-state index contributed by atoms with van der Waals surface area (Å²) in [6, 6.07) is 23.9. The molecule has 0 N–H and O–H groups in total. The summed E-state index contributed by atoms with van der Waals surface area (Å²) in [6.07, 6.45) is -3.48. The summed E-state index contributed by atoms with van der Waals surface area (Å²) in [7, 11) is 1.34. The lowest BCUT2D eigenvalue weighted by Gasteiger charge is -2.21. The zero-order chi connectivity index (χ0) is 26.6. The van der Waals surface area contributed by atoms with E-state index in [0.29, 0.717) is 11.3 Å². The molecular weight excluding hydrogens is 481 g/mol. The first-order chi connectivity index (χ1) is 17.6. The lowest BCUT2D eigenvalue weighted by molar-refractivity contribution is -0.152. The van der Waals surface area contributed by atoms with Crippen molar-refractivity contribution in [2.24, 2.45) is 5.41 Å². The average molecular weight is 509 g/mol. The van der Waals surface area contributed by atoms with Gasteiger partial charge in [-0.2, -0.15) is 13.2 Å². The highest BCUT2D eigenvalue weighted by Gasteiger charge is 2.35. The maximum atomic E-state index is 13.4. The molecule has 0 saturated carbocycles. The molecule has 0 aliphatic rings. The first kappa shape index (κ1) is 26.0. The van der Waals surface area contributed by atoms with Gasteiger partial charge in [0.05, 0.1) is 12.5 Å². The van der Waals surface area contributed by atoms with Gasteiger partial charge < -0.3 is 14.0 Å². The second-order valence-corrected chi connectivity index (χ2v) is 9.33. The van der Waals surface area contributed by atoms with Crippen LogP contribution in [0.1, 0.15) is 25.1 Å². The number of hydrogen-bond donors (Lipinski definition) is 0. The van der Waals surface area contributed by atoms with Gasteiger partial charge in [-0.3, -0.25) is 4.79 Å². The Morgan fingerprint density at radius 3 is 2.00 bits per heavy atom. The van der Waals surface area contributed by atoms with Crippen LogP contribution in [-0.2, 0) is 22.3 Å². The number of imidazole rings is 1. The summed E-state index contributed by atoms with van der Waals surface area (Å²) in [4.78, 5) is 15.7. The van der Waals surface area contributed by atoms with Crippen molar-refractivity contribution in [1.82, 2.24) is 9.55 Å². The Balaban J connectivity index is 1.53. The smallest absolute Gasteiger partial charge is 0.434 e. The van der Waals surface area contributed by atoms with Gasteiger partial charge in [0.1, 0.15) is 18.2 Å². The van der Waals surface area contributed by atoms with E-state index >= 15 is 0 Å². The van der Waals surface area contributed by atoms with Crippen molar-refractivity contribution in [2.75, 3.05) is 13.7 Å². The SMILES string of the molecule is COC(=O)C(C)(C)COc1ccc(-c2ccc(-c3nc(C(F)(F)F)cn3Cc3ccccc3)cc2)cc1. The van der Waals surface area contributed by atoms with E-state index in [2.05, 4.69) is 4.98 Å². The maximum Gasteiger partial charge on any atom is 0.434 e. The van der Waals surface area contributed by atoms with E-state index in [1.54, 1.807) is 38.1 Å². The fourth-order valence-electron chi connectivity index (χ4n) is 3.84. The molecule has 0 amide bonds. The van der Waals surface area contributed by atoms with Crippen LogP contribution in [0.3, 0.4) is 0 Å². The Labute approximate surface area is 213 Å². The van der Waals surface area contributed by atoms with Crippen molar-refractivity contribution < 1.29 is 27.4 Å². The van der Waals surface area contributed by atoms with Crippen molar-refractivity contribution >= 4 is 5.97 Å². The summed E-state index contributed by atoms with van der Waals surface area (Å²) < 4.78 is 52.3. The minimum atomic E-state index is -4.54. The van der Waals surface area contributed by atoms with Gasteiger partial charge in [0, 0.05) is 18.3 Å². The van der Waals surface area contributed by atoms with Crippen LogP contribution in [0.2, 0.25) is 0 Å². The third-order valence-corrected chi connectivity index (χ3v) is 5.93. The molecule has 0 saturated heterocycles. The van der Waals surface area contributed by atoms with Crippen LogP contribution in [0.25, 0.3) is 22.5 Å². The lowest BCUT2D eigenvalue weighted by atomic mass is 9.95. The molecule has 1 aromatic heterocycles. The van der Waals surface area contributed by atoms with E-state index in [-0.39, 0.29) is 24.9 Å². The Hall–Kier alpha value is -4.07. The molecule has 37 heavy (non-hydrogen) atoms. The predicted molar refractivity (Wildman–Crippen MR) is 135 cm³/mol. The van der Waals surface area contributed by atoms with Crippen molar-refractivity contribution in [3.63, 3.8) is 0 Å². The normalized spacial score (nSPS) is 11.8. The number of halogens is 3.